The van der Waals surface area contributed by atoms with Crippen LogP contribution in [-0.2, 0) is 0 Å². The van der Waals surface area contributed by atoms with E-state index in [-0.39, 0.29) is 11.2 Å². The van der Waals surface area contributed by atoms with Crippen molar-refractivity contribution in [3.63, 3.8) is 0 Å². The molecular formula is C18H20O2. The van der Waals surface area contributed by atoms with Gasteiger partial charge in [-0.05, 0) is 43.3 Å². The summed E-state index contributed by atoms with van der Waals surface area (Å²) in [6.07, 6.45) is 0. The molecule has 0 aromatic heterocycles. The summed E-state index contributed by atoms with van der Waals surface area (Å²) in [5.74, 6) is 1.67. The normalized spacial score (nSPS) is 11.2. The Morgan fingerprint density at radius 3 is 1.75 bits per heavy atom. The maximum Gasteiger partial charge on any atom is 0.168 e. The van der Waals surface area contributed by atoms with Crippen LogP contribution >= 0.6 is 0 Å². The average Bonchev–Trinajstić information content (AvgIpc) is 2.40. The molecule has 2 nitrogen and oxygen atoms in total. The number of carbonyl (C=O) groups is 1. The number of benzene rings is 2. The van der Waals surface area contributed by atoms with Crippen molar-refractivity contribution in [1.29, 1.82) is 0 Å². The van der Waals surface area contributed by atoms with Crippen LogP contribution in [0.15, 0.2) is 48.5 Å². The van der Waals surface area contributed by atoms with Crippen molar-refractivity contribution in [1.82, 2.24) is 0 Å². The Morgan fingerprint density at radius 1 is 0.850 bits per heavy atom. The fraction of sp³-hybridized carbons (Fsp3) is 0.278. The molecule has 0 radical (unpaired) electrons. The molecular weight excluding hydrogens is 248 g/mol. The third-order valence-electron chi connectivity index (χ3n) is 3.05. The fourth-order valence-corrected chi connectivity index (χ4v) is 1.85. The van der Waals surface area contributed by atoms with Crippen molar-refractivity contribution < 1.29 is 9.53 Å². The zero-order valence-corrected chi connectivity index (χ0v) is 12.4. The molecule has 0 saturated heterocycles. The molecule has 104 valence electrons. The minimum atomic E-state index is -0.362. The van der Waals surface area contributed by atoms with Gasteiger partial charge in [0.05, 0.1) is 0 Å². The smallest absolute Gasteiger partial charge is 0.168 e. The van der Waals surface area contributed by atoms with Gasteiger partial charge in [-0.15, -0.1) is 0 Å². The maximum absolute atomic E-state index is 12.1. The number of carbonyl (C=O) groups excluding carboxylic acids is 1. The number of rotatable bonds is 3. The van der Waals surface area contributed by atoms with E-state index >= 15 is 0 Å². The van der Waals surface area contributed by atoms with Crippen LogP contribution in [0.1, 0.15) is 36.7 Å². The van der Waals surface area contributed by atoms with E-state index in [4.69, 9.17) is 4.74 Å². The van der Waals surface area contributed by atoms with Crippen LogP contribution in [-0.4, -0.2) is 5.78 Å². The van der Waals surface area contributed by atoms with E-state index in [9.17, 15) is 4.79 Å². The van der Waals surface area contributed by atoms with Gasteiger partial charge in [0.25, 0.3) is 0 Å². The first kappa shape index (κ1) is 14.3. The number of Topliss-reactive ketones (excluding diaryl/α,β-unsaturated/α-hetero) is 1. The molecule has 2 aromatic rings. The summed E-state index contributed by atoms with van der Waals surface area (Å²) >= 11 is 0. The molecule has 0 saturated carbocycles. The minimum Gasteiger partial charge on any atom is -0.457 e. The lowest BCUT2D eigenvalue weighted by molar-refractivity contribution is 0.0858. The molecule has 0 aliphatic heterocycles. The molecule has 2 aromatic carbocycles. The Labute approximate surface area is 120 Å². The van der Waals surface area contributed by atoms with Gasteiger partial charge in [-0.2, -0.15) is 0 Å². The predicted molar refractivity (Wildman–Crippen MR) is 81.5 cm³/mol. The van der Waals surface area contributed by atoms with E-state index in [1.807, 2.05) is 76.2 Å². The molecule has 0 atom stereocenters. The molecule has 0 fully saturated rings. The van der Waals surface area contributed by atoms with Gasteiger partial charge in [0.15, 0.2) is 5.78 Å². The van der Waals surface area contributed by atoms with Gasteiger partial charge < -0.3 is 4.74 Å². The van der Waals surface area contributed by atoms with Crippen LogP contribution in [0.2, 0.25) is 0 Å². The Kier molecular flexibility index (Phi) is 3.93. The lowest BCUT2D eigenvalue weighted by Crippen LogP contribution is -2.19. The summed E-state index contributed by atoms with van der Waals surface area (Å²) < 4.78 is 5.74. The maximum atomic E-state index is 12.1. The highest BCUT2D eigenvalue weighted by Crippen LogP contribution is 2.25. The molecule has 0 bridgehead atoms. The second-order valence-electron chi connectivity index (χ2n) is 6.02. The average molecular weight is 268 g/mol. The van der Waals surface area contributed by atoms with Crippen molar-refractivity contribution >= 4 is 5.78 Å². The summed E-state index contributed by atoms with van der Waals surface area (Å²) in [5.41, 5.74) is 1.55. The third kappa shape index (κ3) is 3.47. The highest BCUT2D eigenvalue weighted by Gasteiger charge is 2.22. The van der Waals surface area contributed by atoms with E-state index in [0.29, 0.717) is 5.56 Å². The molecule has 0 aliphatic rings. The van der Waals surface area contributed by atoms with Gasteiger partial charge in [-0.25, -0.2) is 0 Å². The lowest BCUT2D eigenvalue weighted by atomic mass is 9.86. The summed E-state index contributed by atoms with van der Waals surface area (Å²) in [7, 11) is 0. The van der Waals surface area contributed by atoms with Gasteiger partial charge in [0.1, 0.15) is 11.5 Å². The van der Waals surface area contributed by atoms with E-state index < -0.39 is 0 Å². The highest BCUT2D eigenvalue weighted by molar-refractivity contribution is 5.99. The van der Waals surface area contributed by atoms with Crippen LogP contribution in [0.25, 0.3) is 0 Å². The first-order chi connectivity index (χ1) is 9.36. The third-order valence-corrected chi connectivity index (χ3v) is 3.05. The van der Waals surface area contributed by atoms with E-state index in [0.717, 1.165) is 11.5 Å². The number of aryl methyl sites for hydroxylation is 1. The Balaban J connectivity index is 2.12. The largest absolute Gasteiger partial charge is 0.457 e. The lowest BCUT2D eigenvalue weighted by Gasteiger charge is -2.16. The summed E-state index contributed by atoms with van der Waals surface area (Å²) in [6, 6.07) is 15.2. The van der Waals surface area contributed by atoms with Crippen molar-refractivity contribution in [3.05, 3.63) is 59.7 Å². The fourth-order valence-electron chi connectivity index (χ4n) is 1.85. The van der Waals surface area contributed by atoms with Gasteiger partial charge in [-0.3, -0.25) is 4.79 Å². The van der Waals surface area contributed by atoms with E-state index in [1.54, 1.807) is 0 Å². The molecule has 2 rings (SSSR count). The van der Waals surface area contributed by atoms with Crippen molar-refractivity contribution in [3.8, 4) is 11.5 Å². The van der Waals surface area contributed by atoms with Crippen molar-refractivity contribution in [2.75, 3.05) is 0 Å². The molecule has 0 aliphatic carbocycles. The van der Waals surface area contributed by atoms with Gasteiger partial charge >= 0.3 is 0 Å². The van der Waals surface area contributed by atoms with Crippen LogP contribution in [0.3, 0.4) is 0 Å². The molecule has 0 unspecified atom stereocenters. The first-order valence-electron chi connectivity index (χ1n) is 6.76. The van der Waals surface area contributed by atoms with Gasteiger partial charge in [0, 0.05) is 11.0 Å². The van der Waals surface area contributed by atoms with Crippen LogP contribution in [0, 0.1) is 12.3 Å². The topological polar surface area (TPSA) is 26.3 Å². The quantitative estimate of drug-likeness (QED) is 0.731. The van der Waals surface area contributed by atoms with Crippen LogP contribution < -0.4 is 4.74 Å². The summed E-state index contributed by atoms with van der Waals surface area (Å²) in [6.45, 7) is 7.81. The molecule has 0 N–H and O–H groups in total. The predicted octanol–water partition coefficient (Wildman–Crippen LogP) is 5.02. The van der Waals surface area contributed by atoms with E-state index in [2.05, 4.69) is 0 Å². The molecule has 2 heteroatoms. The number of hydrogen-bond acceptors (Lipinski definition) is 2. The molecule has 0 amide bonds. The summed E-state index contributed by atoms with van der Waals surface area (Å²) in [4.78, 5) is 12.1. The molecule has 0 spiro atoms. The zero-order valence-electron chi connectivity index (χ0n) is 12.4. The number of ketones is 1. The molecule has 0 heterocycles. The Bertz CT molecular complexity index is 587. The first-order valence-corrected chi connectivity index (χ1v) is 6.76. The standard InChI is InChI=1S/C18H20O2/c1-13-5-9-15(10-6-13)20-16-11-7-14(8-12-16)17(19)18(2,3)4/h5-12H,1-4H3. The van der Waals surface area contributed by atoms with Gasteiger partial charge in [-0.1, -0.05) is 38.5 Å². The van der Waals surface area contributed by atoms with E-state index in [1.165, 1.54) is 5.56 Å². The Hall–Kier alpha value is -2.09. The van der Waals surface area contributed by atoms with Gasteiger partial charge in [0.2, 0.25) is 0 Å². The monoisotopic (exact) mass is 268 g/mol. The highest BCUT2D eigenvalue weighted by atomic mass is 16.5. The summed E-state index contributed by atoms with van der Waals surface area (Å²) in [5, 5.41) is 0. The van der Waals surface area contributed by atoms with Crippen LogP contribution in [0.4, 0.5) is 0 Å². The SMILES string of the molecule is Cc1ccc(Oc2ccc(C(=O)C(C)(C)C)cc2)cc1. The molecule has 20 heavy (non-hydrogen) atoms. The zero-order chi connectivity index (χ0) is 14.8. The Morgan fingerprint density at radius 2 is 1.30 bits per heavy atom. The van der Waals surface area contributed by atoms with Crippen molar-refractivity contribution in [2.45, 2.75) is 27.7 Å². The van der Waals surface area contributed by atoms with Crippen LogP contribution in [0.5, 0.6) is 11.5 Å². The van der Waals surface area contributed by atoms with Crippen molar-refractivity contribution in [2.24, 2.45) is 5.41 Å². The minimum absolute atomic E-state index is 0.138. The number of hydrogen-bond donors (Lipinski definition) is 0. The second-order valence-corrected chi connectivity index (χ2v) is 6.02. The second kappa shape index (κ2) is 5.49. The number of ether oxygens (including phenoxy) is 1.